The van der Waals surface area contributed by atoms with Gasteiger partial charge in [0.1, 0.15) is 0 Å². The third-order valence-corrected chi connectivity index (χ3v) is 4.10. The van der Waals surface area contributed by atoms with Crippen molar-refractivity contribution in [1.29, 1.82) is 0 Å². The number of fused-ring (bicyclic) bond motifs is 1. The van der Waals surface area contributed by atoms with E-state index in [9.17, 15) is 10.1 Å². The summed E-state index contributed by atoms with van der Waals surface area (Å²) in [5.41, 5.74) is 4.24. The predicted octanol–water partition coefficient (Wildman–Crippen LogP) is 5.21. The van der Waals surface area contributed by atoms with Crippen molar-refractivity contribution in [2.24, 2.45) is 0 Å². The minimum Gasteiger partial charge on any atom is -0.309 e. The number of nitrogens with zero attached hydrogens (tertiary/aromatic N) is 2. The van der Waals surface area contributed by atoms with Crippen molar-refractivity contribution >= 4 is 16.6 Å². The van der Waals surface area contributed by atoms with Gasteiger partial charge in [-0.3, -0.25) is 10.1 Å². The maximum atomic E-state index is 10.9. The summed E-state index contributed by atoms with van der Waals surface area (Å²) in [4.78, 5) is 10.5. The second-order valence-corrected chi connectivity index (χ2v) is 5.56. The fraction of sp³-hybridized carbons (Fsp3) is 0. The Labute approximate surface area is 138 Å². The number of nitro benzene ring substituents is 1. The average Bonchev–Trinajstić information content (AvgIpc) is 3.02. The molecule has 4 nitrogen and oxygen atoms in total. The lowest BCUT2D eigenvalue weighted by atomic mass is 10.1. The Kier molecular flexibility index (Phi) is 3.35. The van der Waals surface area contributed by atoms with Crippen molar-refractivity contribution in [2.45, 2.75) is 0 Å². The molecule has 0 amide bonds. The molecule has 0 aliphatic rings. The average molecular weight is 314 g/mol. The van der Waals surface area contributed by atoms with Crippen LogP contribution in [0.5, 0.6) is 0 Å². The van der Waals surface area contributed by atoms with Crippen LogP contribution in [0.2, 0.25) is 0 Å². The van der Waals surface area contributed by atoms with E-state index < -0.39 is 0 Å². The molecular weight excluding hydrogens is 300 g/mol. The second-order valence-electron chi connectivity index (χ2n) is 5.56. The lowest BCUT2D eigenvalue weighted by molar-refractivity contribution is -0.384. The third kappa shape index (κ3) is 2.34. The summed E-state index contributed by atoms with van der Waals surface area (Å²) < 4.78 is 2.13. The largest absolute Gasteiger partial charge is 0.309 e. The van der Waals surface area contributed by atoms with Crippen LogP contribution in [0, 0.1) is 10.1 Å². The van der Waals surface area contributed by atoms with Crippen LogP contribution < -0.4 is 0 Å². The van der Waals surface area contributed by atoms with Gasteiger partial charge in [-0.2, -0.15) is 0 Å². The van der Waals surface area contributed by atoms with Gasteiger partial charge >= 0.3 is 0 Å². The molecule has 0 N–H and O–H groups in total. The number of hydrogen-bond acceptors (Lipinski definition) is 2. The fourth-order valence-corrected chi connectivity index (χ4v) is 2.98. The van der Waals surface area contributed by atoms with E-state index in [-0.39, 0.29) is 10.6 Å². The van der Waals surface area contributed by atoms with Crippen molar-refractivity contribution < 1.29 is 4.92 Å². The molecular formula is C20H14N2O2. The highest BCUT2D eigenvalue weighted by molar-refractivity contribution is 5.89. The molecule has 0 aliphatic carbocycles. The lowest BCUT2D eigenvalue weighted by Gasteiger charge is -2.11. The van der Waals surface area contributed by atoms with Gasteiger partial charge in [-0.1, -0.05) is 48.5 Å². The van der Waals surface area contributed by atoms with Crippen molar-refractivity contribution in [1.82, 2.24) is 4.57 Å². The summed E-state index contributed by atoms with van der Waals surface area (Å²) in [5.74, 6) is 0. The molecule has 0 unspecified atom stereocenters. The van der Waals surface area contributed by atoms with Crippen molar-refractivity contribution in [3.63, 3.8) is 0 Å². The standard InChI is InChI=1S/C20H14N2O2/c23-22(24)18-12-10-17(11-13-18)21-19-9-5-4-8-16(19)14-20(21)15-6-2-1-3-7-15/h1-14H. The van der Waals surface area contributed by atoms with Gasteiger partial charge in [-0.05, 0) is 29.8 Å². The summed E-state index contributed by atoms with van der Waals surface area (Å²) in [5, 5.41) is 12.0. The number of para-hydroxylation sites is 1. The Morgan fingerprint density at radius 1 is 0.792 bits per heavy atom. The minimum absolute atomic E-state index is 0.0940. The highest BCUT2D eigenvalue weighted by Crippen LogP contribution is 2.31. The molecule has 0 radical (unpaired) electrons. The smallest absolute Gasteiger partial charge is 0.269 e. The first-order valence-electron chi connectivity index (χ1n) is 7.65. The van der Waals surface area contributed by atoms with Gasteiger partial charge in [0.15, 0.2) is 0 Å². The van der Waals surface area contributed by atoms with E-state index in [1.54, 1.807) is 24.3 Å². The molecule has 0 fully saturated rings. The Balaban J connectivity index is 1.97. The van der Waals surface area contributed by atoms with E-state index in [0.717, 1.165) is 27.8 Å². The summed E-state index contributed by atoms with van der Waals surface area (Å²) in [7, 11) is 0. The molecule has 3 aromatic carbocycles. The number of benzene rings is 3. The zero-order chi connectivity index (χ0) is 16.5. The van der Waals surface area contributed by atoms with Crippen LogP contribution in [0.15, 0.2) is 84.9 Å². The first-order chi connectivity index (χ1) is 11.7. The van der Waals surface area contributed by atoms with E-state index in [1.165, 1.54) is 0 Å². The summed E-state index contributed by atoms with van der Waals surface area (Å²) in [6.07, 6.45) is 0. The molecule has 4 aromatic rings. The second kappa shape index (κ2) is 5.66. The Morgan fingerprint density at radius 2 is 1.46 bits per heavy atom. The molecule has 0 atom stereocenters. The predicted molar refractivity (Wildman–Crippen MR) is 95.4 cm³/mol. The Hall–Kier alpha value is -3.40. The molecule has 0 saturated carbocycles. The fourth-order valence-electron chi connectivity index (χ4n) is 2.98. The molecule has 116 valence electrons. The Bertz CT molecular complexity index is 1020. The number of aromatic nitrogens is 1. The van der Waals surface area contributed by atoms with Crippen molar-refractivity contribution in [3.8, 4) is 16.9 Å². The monoisotopic (exact) mass is 314 g/mol. The topological polar surface area (TPSA) is 48.1 Å². The van der Waals surface area contributed by atoms with E-state index in [1.807, 2.05) is 30.3 Å². The van der Waals surface area contributed by atoms with E-state index in [0.29, 0.717) is 0 Å². The summed E-state index contributed by atoms with van der Waals surface area (Å²) >= 11 is 0. The maximum Gasteiger partial charge on any atom is 0.269 e. The first kappa shape index (κ1) is 14.2. The minimum atomic E-state index is -0.379. The van der Waals surface area contributed by atoms with Gasteiger partial charge in [0.25, 0.3) is 5.69 Å². The molecule has 0 aliphatic heterocycles. The van der Waals surface area contributed by atoms with Gasteiger partial charge in [0.05, 0.1) is 16.1 Å². The number of nitro groups is 1. The zero-order valence-electron chi connectivity index (χ0n) is 12.8. The van der Waals surface area contributed by atoms with E-state index >= 15 is 0 Å². The van der Waals surface area contributed by atoms with Gasteiger partial charge < -0.3 is 4.57 Å². The summed E-state index contributed by atoms with van der Waals surface area (Å²) in [6, 6.07) is 27.1. The van der Waals surface area contributed by atoms with Gasteiger partial charge in [0.2, 0.25) is 0 Å². The third-order valence-electron chi connectivity index (χ3n) is 4.10. The van der Waals surface area contributed by atoms with Crippen molar-refractivity contribution in [2.75, 3.05) is 0 Å². The number of non-ortho nitro benzene ring substituents is 1. The number of rotatable bonds is 3. The molecule has 4 rings (SSSR count). The van der Waals surface area contributed by atoms with Crippen LogP contribution in [-0.4, -0.2) is 9.49 Å². The van der Waals surface area contributed by atoms with E-state index in [4.69, 9.17) is 0 Å². The highest BCUT2D eigenvalue weighted by atomic mass is 16.6. The molecule has 1 aromatic heterocycles. The molecule has 1 heterocycles. The van der Waals surface area contributed by atoms with Gasteiger partial charge in [-0.25, -0.2) is 0 Å². The van der Waals surface area contributed by atoms with E-state index in [2.05, 4.69) is 34.9 Å². The highest BCUT2D eigenvalue weighted by Gasteiger charge is 2.13. The number of hydrogen-bond donors (Lipinski definition) is 0. The van der Waals surface area contributed by atoms with Crippen LogP contribution in [0.1, 0.15) is 0 Å². The van der Waals surface area contributed by atoms with Crippen LogP contribution in [0.3, 0.4) is 0 Å². The van der Waals surface area contributed by atoms with Gasteiger partial charge in [0, 0.05) is 23.2 Å². The normalized spacial score (nSPS) is 10.8. The summed E-state index contributed by atoms with van der Waals surface area (Å²) in [6.45, 7) is 0. The zero-order valence-corrected chi connectivity index (χ0v) is 12.8. The van der Waals surface area contributed by atoms with Crippen LogP contribution >= 0.6 is 0 Å². The molecule has 0 bridgehead atoms. The SMILES string of the molecule is O=[N+]([O-])c1ccc(-n2c(-c3ccccc3)cc3ccccc32)cc1. The lowest BCUT2D eigenvalue weighted by Crippen LogP contribution is -1.97. The van der Waals surface area contributed by atoms with Gasteiger partial charge in [-0.15, -0.1) is 0 Å². The molecule has 4 heteroatoms. The molecule has 24 heavy (non-hydrogen) atoms. The molecule has 0 spiro atoms. The molecule has 0 saturated heterocycles. The van der Waals surface area contributed by atoms with Crippen LogP contribution in [0.4, 0.5) is 5.69 Å². The van der Waals surface area contributed by atoms with Crippen LogP contribution in [0.25, 0.3) is 27.8 Å². The maximum absolute atomic E-state index is 10.9. The Morgan fingerprint density at radius 3 is 2.17 bits per heavy atom. The van der Waals surface area contributed by atoms with Crippen molar-refractivity contribution in [3.05, 3.63) is 95.0 Å². The van der Waals surface area contributed by atoms with Crippen LogP contribution in [-0.2, 0) is 0 Å². The first-order valence-corrected chi connectivity index (χ1v) is 7.65. The quantitative estimate of drug-likeness (QED) is 0.385.